The van der Waals surface area contributed by atoms with E-state index in [1.54, 1.807) is 0 Å². The second-order valence-corrected chi connectivity index (χ2v) is 5.43. The first-order chi connectivity index (χ1) is 7.47. The molecule has 16 heavy (non-hydrogen) atoms. The molecular formula is C8H14N4O2S2. The fraction of sp³-hybridized carbons (Fsp3) is 0.500. The Morgan fingerprint density at radius 2 is 2.44 bits per heavy atom. The number of nitrogens with zero attached hydrogens (tertiary/aromatic N) is 1. The first kappa shape index (κ1) is 13.1. The Kier molecular flexibility index (Phi) is 4.39. The largest absolute Gasteiger partial charge is 0.392 e. The molecule has 0 aliphatic heterocycles. The summed E-state index contributed by atoms with van der Waals surface area (Å²) in [6, 6.07) is -0.520. The zero-order valence-corrected chi connectivity index (χ0v) is 10.4. The second kappa shape index (κ2) is 5.37. The molecule has 0 bridgehead atoms. The van der Waals surface area contributed by atoms with Crippen LogP contribution in [0.2, 0.25) is 0 Å². The van der Waals surface area contributed by atoms with Crippen molar-refractivity contribution in [2.45, 2.75) is 30.8 Å². The van der Waals surface area contributed by atoms with E-state index in [9.17, 15) is 8.42 Å². The van der Waals surface area contributed by atoms with E-state index in [0.29, 0.717) is 6.42 Å². The van der Waals surface area contributed by atoms with E-state index < -0.39 is 16.1 Å². The first-order valence-electron chi connectivity index (χ1n) is 4.77. The van der Waals surface area contributed by atoms with Crippen LogP contribution in [0.15, 0.2) is 17.6 Å². The van der Waals surface area contributed by atoms with Gasteiger partial charge in [0.1, 0.15) is 0 Å². The molecule has 0 aromatic carbocycles. The van der Waals surface area contributed by atoms with Crippen LogP contribution >= 0.6 is 12.2 Å². The maximum Gasteiger partial charge on any atom is 0.258 e. The van der Waals surface area contributed by atoms with E-state index in [1.165, 1.54) is 12.5 Å². The monoisotopic (exact) mass is 262 g/mol. The van der Waals surface area contributed by atoms with Crippen molar-refractivity contribution in [2.75, 3.05) is 0 Å². The van der Waals surface area contributed by atoms with Gasteiger partial charge in [0.2, 0.25) is 0 Å². The molecule has 0 aliphatic carbocycles. The highest BCUT2D eigenvalue weighted by Gasteiger charge is 2.22. The molecule has 0 aliphatic rings. The number of sulfonamides is 1. The number of rotatable bonds is 6. The summed E-state index contributed by atoms with van der Waals surface area (Å²) in [6.45, 7) is 1.93. The molecule has 1 aromatic rings. The summed E-state index contributed by atoms with van der Waals surface area (Å²) in [7, 11) is -3.62. The molecule has 0 fully saturated rings. The Hall–Kier alpha value is -0.990. The molecule has 0 saturated carbocycles. The molecule has 6 nitrogen and oxygen atoms in total. The van der Waals surface area contributed by atoms with Crippen molar-refractivity contribution in [2.24, 2.45) is 5.73 Å². The molecular weight excluding hydrogens is 248 g/mol. The molecule has 0 amide bonds. The van der Waals surface area contributed by atoms with Crippen molar-refractivity contribution in [3.05, 3.63) is 12.5 Å². The predicted molar refractivity (Wildman–Crippen MR) is 64.4 cm³/mol. The molecule has 0 radical (unpaired) electrons. The lowest BCUT2D eigenvalue weighted by molar-refractivity contribution is 0.564. The van der Waals surface area contributed by atoms with Crippen LogP contribution in [0.4, 0.5) is 0 Å². The normalized spacial score (nSPS) is 13.6. The summed E-state index contributed by atoms with van der Waals surface area (Å²) < 4.78 is 26.0. The predicted octanol–water partition coefficient (Wildman–Crippen LogP) is 0.143. The van der Waals surface area contributed by atoms with E-state index in [1.807, 2.05) is 6.92 Å². The van der Waals surface area contributed by atoms with E-state index in [2.05, 4.69) is 14.7 Å². The van der Waals surface area contributed by atoms with Gasteiger partial charge in [-0.3, -0.25) is 0 Å². The Balaban J connectivity index is 2.82. The average molecular weight is 262 g/mol. The Bertz CT molecular complexity index is 441. The molecule has 1 atom stereocenters. The smallest absolute Gasteiger partial charge is 0.258 e. The summed E-state index contributed by atoms with van der Waals surface area (Å²) in [4.78, 5) is 6.31. The van der Waals surface area contributed by atoms with Crippen LogP contribution in [-0.2, 0) is 10.0 Å². The molecule has 1 heterocycles. The number of hydrogen-bond acceptors (Lipinski definition) is 4. The van der Waals surface area contributed by atoms with Gasteiger partial charge in [0.05, 0.1) is 23.6 Å². The van der Waals surface area contributed by atoms with Gasteiger partial charge in [-0.25, -0.2) is 13.4 Å². The SMILES string of the molecule is CCCC(NS(=O)(=O)c1cnc[nH]1)C(N)=S. The molecule has 90 valence electrons. The third-order valence-electron chi connectivity index (χ3n) is 1.98. The van der Waals surface area contributed by atoms with E-state index in [4.69, 9.17) is 18.0 Å². The molecule has 1 rings (SSSR count). The van der Waals surface area contributed by atoms with Gasteiger partial charge in [0, 0.05) is 0 Å². The fourth-order valence-corrected chi connectivity index (χ4v) is 2.59. The summed E-state index contributed by atoms with van der Waals surface area (Å²) in [5.74, 6) is 0. The van der Waals surface area contributed by atoms with Crippen LogP contribution < -0.4 is 10.5 Å². The van der Waals surface area contributed by atoms with Crippen LogP contribution in [0.5, 0.6) is 0 Å². The third kappa shape index (κ3) is 3.26. The highest BCUT2D eigenvalue weighted by molar-refractivity contribution is 7.89. The van der Waals surface area contributed by atoms with Crippen LogP contribution in [0.25, 0.3) is 0 Å². The van der Waals surface area contributed by atoms with Crippen LogP contribution in [0, 0.1) is 0 Å². The van der Waals surface area contributed by atoms with Crippen molar-refractivity contribution >= 4 is 27.2 Å². The summed E-state index contributed by atoms with van der Waals surface area (Å²) >= 11 is 4.80. The minimum Gasteiger partial charge on any atom is -0.392 e. The topological polar surface area (TPSA) is 101 Å². The molecule has 0 saturated heterocycles. The number of aromatic amines is 1. The molecule has 8 heteroatoms. The number of hydrogen-bond donors (Lipinski definition) is 3. The molecule has 1 unspecified atom stereocenters. The van der Waals surface area contributed by atoms with Crippen molar-refractivity contribution < 1.29 is 8.42 Å². The van der Waals surface area contributed by atoms with Crippen molar-refractivity contribution in [3.63, 3.8) is 0 Å². The minimum atomic E-state index is -3.62. The zero-order valence-electron chi connectivity index (χ0n) is 8.80. The first-order valence-corrected chi connectivity index (χ1v) is 6.66. The Morgan fingerprint density at radius 1 is 1.75 bits per heavy atom. The van der Waals surface area contributed by atoms with Gasteiger partial charge >= 0.3 is 0 Å². The molecule has 1 aromatic heterocycles. The van der Waals surface area contributed by atoms with E-state index in [0.717, 1.165) is 6.42 Å². The van der Waals surface area contributed by atoms with Crippen molar-refractivity contribution in [1.82, 2.24) is 14.7 Å². The van der Waals surface area contributed by atoms with Gasteiger partial charge in [0.15, 0.2) is 5.03 Å². The number of imidazole rings is 1. The number of aromatic nitrogens is 2. The lowest BCUT2D eigenvalue weighted by Gasteiger charge is -2.15. The average Bonchev–Trinajstić information content (AvgIpc) is 2.69. The second-order valence-electron chi connectivity index (χ2n) is 3.28. The van der Waals surface area contributed by atoms with E-state index >= 15 is 0 Å². The number of H-pyrrole nitrogens is 1. The van der Waals surface area contributed by atoms with Crippen LogP contribution in [0.3, 0.4) is 0 Å². The standard InChI is InChI=1S/C8H14N4O2S2/c1-2-3-6(8(9)15)12-16(13,14)7-4-10-5-11-7/h4-6,12H,2-3H2,1H3,(H2,9,15)(H,10,11). The number of nitrogens with one attached hydrogen (secondary N) is 2. The number of thiocarbonyl (C=S) groups is 1. The minimum absolute atomic E-state index is 0.00449. The van der Waals surface area contributed by atoms with Gasteiger partial charge in [-0.2, -0.15) is 4.72 Å². The lowest BCUT2D eigenvalue weighted by atomic mass is 10.2. The quantitative estimate of drug-likeness (QED) is 0.633. The number of nitrogens with two attached hydrogens (primary N) is 1. The fourth-order valence-electron chi connectivity index (χ4n) is 1.19. The Labute approximate surface area is 99.7 Å². The van der Waals surface area contributed by atoms with Gasteiger partial charge < -0.3 is 10.7 Å². The summed E-state index contributed by atoms with van der Waals surface area (Å²) in [5.41, 5.74) is 5.46. The molecule has 0 spiro atoms. The summed E-state index contributed by atoms with van der Waals surface area (Å²) in [5, 5.41) is 0.00449. The van der Waals surface area contributed by atoms with Crippen molar-refractivity contribution in [3.8, 4) is 0 Å². The van der Waals surface area contributed by atoms with Crippen LogP contribution in [-0.4, -0.2) is 29.4 Å². The zero-order chi connectivity index (χ0) is 12.2. The van der Waals surface area contributed by atoms with E-state index in [-0.39, 0.29) is 10.0 Å². The van der Waals surface area contributed by atoms with Gasteiger partial charge in [-0.15, -0.1) is 0 Å². The highest BCUT2D eigenvalue weighted by Crippen LogP contribution is 2.06. The summed E-state index contributed by atoms with van der Waals surface area (Å²) in [6.07, 6.45) is 3.88. The van der Waals surface area contributed by atoms with Gasteiger partial charge in [0.25, 0.3) is 10.0 Å². The molecule has 4 N–H and O–H groups in total. The van der Waals surface area contributed by atoms with Gasteiger partial charge in [-0.1, -0.05) is 25.6 Å². The maximum absolute atomic E-state index is 11.8. The maximum atomic E-state index is 11.8. The lowest BCUT2D eigenvalue weighted by Crippen LogP contribution is -2.43. The van der Waals surface area contributed by atoms with Crippen molar-refractivity contribution in [1.29, 1.82) is 0 Å². The van der Waals surface area contributed by atoms with Gasteiger partial charge in [-0.05, 0) is 6.42 Å². The van der Waals surface area contributed by atoms with Crippen LogP contribution in [0.1, 0.15) is 19.8 Å². The third-order valence-corrected chi connectivity index (χ3v) is 3.66. The Morgan fingerprint density at radius 3 is 2.88 bits per heavy atom. The highest BCUT2D eigenvalue weighted by atomic mass is 32.2.